The highest BCUT2D eigenvalue weighted by molar-refractivity contribution is 7.91. The molecule has 3 aromatic rings. The number of nitrogens with two attached hydrogens (primary N) is 1. The van der Waals surface area contributed by atoms with Crippen LogP contribution in [0.3, 0.4) is 0 Å². The van der Waals surface area contributed by atoms with E-state index in [-0.39, 0.29) is 27.3 Å². The molecule has 0 unspecified atom stereocenters. The summed E-state index contributed by atoms with van der Waals surface area (Å²) in [5.74, 6) is -0.494. The van der Waals surface area contributed by atoms with Crippen LogP contribution in [0.4, 0.5) is 10.1 Å². The van der Waals surface area contributed by atoms with E-state index in [1.165, 1.54) is 18.2 Å². The highest BCUT2D eigenvalue weighted by Gasteiger charge is 2.19. The van der Waals surface area contributed by atoms with Crippen molar-refractivity contribution in [3.05, 3.63) is 83.4 Å². The summed E-state index contributed by atoms with van der Waals surface area (Å²) in [6.07, 6.45) is 3.25. The average Bonchev–Trinajstić information content (AvgIpc) is 2.67. The van der Waals surface area contributed by atoms with Gasteiger partial charge in [-0.2, -0.15) is 0 Å². The molecule has 144 valence electrons. The Morgan fingerprint density at radius 3 is 2.39 bits per heavy atom. The second kappa shape index (κ2) is 8.37. The number of sulfone groups is 1. The van der Waals surface area contributed by atoms with E-state index < -0.39 is 15.7 Å². The van der Waals surface area contributed by atoms with Crippen molar-refractivity contribution in [2.45, 2.75) is 16.3 Å². The number of halogens is 2. The number of rotatable bonds is 5. The number of pyridine rings is 1. The highest BCUT2D eigenvalue weighted by Crippen LogP contribution is 2.25. The lowest BCUT2D eigenvalue weighted by Crippen LogP contribution is -2.22. The maximum Gasteiger partial charge on any atom is 0.206 e. The van der Waals surface area contributed by atoms with E-state index >= 15 is 0 Å². The Kier molecular flexibility index (Phi) is 5.91. The lowest BCUT2D eigenvalue weighted by atomic mass is 10.2. The molecule has 3 N–H and O–H groups in total. The molecule has 0 aliphatic heterocycles. The van der Waals surface area contributed by atoms with Gasteiger partial charge < -0.3 is 11.1 Å². The van der Waals surface area contributed by atoms with Crippen LogP contribution in [0.1, 0.15) is 5.56 Å². The molecule has 0 aliphatic carbocycles. The number of hydrogen-bond donors (Lipinski definition) is 2. The summed E-state index contributed by atoms with van der Waals surface area (Å²) in [6, 6.07) is 12.8. The van der Waals surface area contributed by atoms with Crippen LogP contribution in [0.5, 0.6) is 0 Å². The molecule has 0 saturated carbocycles. The maximum atomic E-state index is 13.5. The molecule has 0 atom stereocenters. The van der Waals surface area contributed by atoms with Crippen molar-refractivity contribution < 1.29 is 12.8 Å². The molecular weight excluding hydrogens is 403 g/mol. The number of aliphatic imine (C=N–C) groups is 1. The molecule has 0 aliphatic rings. The zero-order chi connectivity index (χ0) is 20.1. The fraction of sp³-hybridized carbons (Fsp3) is 0.0526. The molecule has 9 heteroatoms. The van der Waals surface area contributed by atoms with Gasteiger partial charge in [0.15, 0.2) is 5.96 Å². The van der Waals surface area contributed by atoms with Crippen LogP contribution >= 0.6 is 11.6 Å². The van der Waals surface area contributed by atoms with Gasteiger partial charge in [-0.25, -0.2) is 17.8 Å². The second-order valence-electron chi connectivity index (χ2n) is 5.81. The average molecular weight is 419 g/mol. The first-order chi connectivity index (χ1) is 13.3. The SMILES string of the molecule is NC(=NCc1ccc(S(=O)(=O)c2cc(F)cc(Cl)c2)cc1)Nc1ccncc1. The van der Waals surface area contributed by atoms with E-state index in [1.807, 2.05) is 0 Å². The zero-order valence-corrected chi connectivity index (χ0v) is 16.1. The lowest BCUT2D eigenvalue weighted by Gasteiger charge is -2.07. The molecule has 2 aromatic carbocycles. The Balaban J connectivity index is 1.73. The minimum Gasteiger partial charge on any atom is -0.370 e. The quantitative estimate of drug-likeness (QED) is 0.487. The standard InChI is InChI=1S/C19H16ClFN4O2S/c20-14-9-15(21)11-18(10-14)28(26,27)17-3-1-13(2-4-17)12-24-19(22)25-16-5-7-23-8-6-16/h1-11H,12H2,(H3,22,23,24,25). The first kappa shape index (κ1) is 19.8. The number of nitrogens with one attached hydrogen (secondary N) is 1. The topological polar surface area (TPSA) is 97.4 Å². The molecule has 3 rings (SSSR count). The summed E-state index contributed by atoms with van der Waals surface area (Å²) in [5.41, 5.74) is 7.35. The molecule has 0 amide bonds. The minimum absolute atomic E-state index is 0.0155. The van der Waals surface area contributed by atoms with Crippen molar-refractivity contribution in [1.82, 2.24) is 4.98 Å². The van der Waals surface area contributed by atoms with Gasteiger partial charge in [-0.1, -0.05) is 23.7 Å². The molecular formula is C19H16ClFN4O2S. The van der Waals surface area contributed by atoms with E-state index in [9.17, 15) is 12.8 Å². The molecule has 1 aromatic heterocycles. The van der Waals surface area contributed by atoms with Crippen molar-refractivity contribution in [3.8, 4) is 0 Å². The fourth-order valence-electron chi connectivity index (χ4n) is 2.39. The highest BCUT2D eigenvalue weighted by atomic mass is 35.5. The van der Waals surface area contributed by atoms with Crippen molar-refractivity contribution in [2.75, 3.05) is 5.32 Å². The molecule has 0 bridgehead atoms. The van der Waals surface area contributed by atoms with Gasteiger partial charge in [0.2, 0.25) is 9.84 Å². The van der Waals surface area contributed by atoms with Gasteiger partial charge in [0.05, 0.1) is 16.3 Å². The monoisotopic (exact) mass is 418 g/mol. The van der Waals surface area contributed by atoms with Crippen LogP contribution in [0, 0.1) is 5.82 Å². The first-order valence-corrected chi connectivity index (χ1v) is 9.98. The molecule has 0 fully saturated rings. The summed E-state index contributed by atoms with van der Waals surface area (Å²) in [4.78, 5) is 7.95. The van der Waals surface area contributed by atoms with Gasteiger partial charge >= 0.3 is 0 Å². The second-order valence-corrected chi connectivity index (χ2v) is 8.20. The number of hydrogen-bond acceptors (Lipinski definition) is 4. The Bertz CT molecular complexity index is 1080. The van der Waals surface area contributed by atoms with E-state index in [4.69, 9.17) is 17.3 Å². The van der Waals surface area contributed by atoms with E-state index in [0.717, 1.165) is 23.4 Å². The lowest BCUT2D eigenvalue weighted by molar-refractivity contribution is 0.591. The van der Waals surface area contributed by atoms with Crippen molar-refractivity contribution in [2.24, 2.45) is 10.7 Å². The van der Waals surface area contributed by atoms with Crippen LogP contribution in [0.25, 0.3) is 0 Å². The van der Waals surface area contributed by atoms with Gasteiger partial charge in [0.25, 0.3) is 0 Å². The Morgan fingerprint density at radius 1 is 1.07 bits per heavy atom. The number of benzene rings is 2. The van der Waals surface area contributed by atoms with Crippen LogP contribution < -0.4 is 11.1 Å². The Hall–Kier alpha value is -2.97. The number of nitrogens with zero attached hydrogens (tertiary/aromatic N) is 2. The van der Waals surface area contributed by atoms with Gasteiger partial charge in [0.1, 0.15) is 5.82 Å². The number of anilines is 1. The van der Waals surface area contributed by atoms with Crippen LogP contribution in [-0.2, 0) is 16.4 Å². The normalized spacial score (nSPS) is 12.0. The van der Waals surface area contributed by atoms with Crippen LogP contribution in [0.15, 0.2) is 81.8 Å². The molecule has 1 heterocycles. The van der Waals surface area contributed by atoms with E-state index in [2.05, 4.69) is 15.3 Å². The predicted octanol–water partition coefficient (Wildman–Crippen LogP) is 3.63. The molecule has 0 spiro atoms. The first-order valence-electron chi connectivity index (χ1n) is 8.12. The van der Waals surface area contributed by atoms with E-state index in [0.29, 0.717) is 0 Å². The number of aromatic nitrogens is 1. The van der Waals surface area contributed by atoms with Crippen LogP contribution in [0.2, 0.25) is 5.02 Å². The molecule has 0 radical (unpaired) electrons. The van der Waals surface area contributed by atoms with Crippen molar-refractivity contribution in [1.29, 1.82) is 0 Å². The number of guanidine groups is 1. The smallest absolute Gasteiger partial charge is 0.206 e. The minimum atomic E-state index is -3.88. The van der Waals surface area contributed by atoms with Gasteiger partial charge in [-0.05, 0) is 48.0 Å². The molecule has 28 heavy (non-hydrogen) atoms. The Labute approximate surface area is 166 Å². The summed E-state index contributed by atoms with van der Waals surface area (Å²) < 4.78 is 38.7. The predicted molar refractivity (Wildman–Crippen MR) is 106 cm³/mol. The fourth-order valence-corrected chi connectivity index (χ4v) is 4.00. The van der Waals surface area contributed by atoms with Gasteiger partial charge in [0, 0.05) is 23.1 Å². The molecule has 0 saturated heterocycles. The third-order valence-electron chi connectivity index (χ3n) is 3.76. The van der Waals surface area contributed by atoms with Crippen molar-refractivity contribution in [3.63, 3.8) is 0 Å². The van der Waals surface area contributed by atoms with Gasteiger partial charge in [-0.15, -0.1) is 0 Å². The molecule has 6 nitrogen and oxygen atoms in total. The summed E-state index contributed by atoms with van der Waals surface area (Å²) in [5, 5.41) is 2.94. The van der Waals surface area contributed by atoms with Gasteiger partial charge in [-0.3, -0.25) is 4.98 Å². The largest absolute Gasteiger partial charge is 0.370 e. The third-order valence-corrected chi connectivity index (χ3v) is 5.73. The van der Waals surface area contributed by atoms with Crippen LogP contribution in [-0.4, -0.2) is 19.4 Å². The summed E-state index contributed by atoms with van der Waals surface area (Å²) in [7, 11) is -3.88. The van der Waals surface area contributed by atoms with Crippen molar-refractivity contribution >= 4 is 33.1 Å². The maximum absolute atomic E-state index is 13.5. The zero-order valence-electron chi connectivity index (χ0n) is 14.5. The summed E-state index contributed by atoms with van der Waals surface area (Å²) in [6.45, 7) is 0.260. The third kappa shape index (κ3) is 4.85. The Morgan fingerprint density at radius 2 is 1.75 bits per heavy atom. The summed E-state index contributed by atoms with van der Waals surface area (Å²) >= 11 is 5.76. The van der Waals surface area contributed by atoms with E-state index in [1.54, 1.807) is 36.7 Å².